The van der Waals surface area contributed by atoms with Gasteiger partial charge in [-0.05, 0) is 73.7 Å². The highest BCUT2D eigenvalue weighted by Gasteiger charge is 2.24. The van der Waals surface area contributed by atoms with Crippen molar-refractivity contribution < 1.29 is 9.53 Å². The summed E-state index contributed by atoms with van der Waals surface area (Å²) in [6.07, 6.45) is 4.45. The SMILES string of the molecule is Cn1ccc(-c2ccc3c(c2)[nH]c2ccc(C4=CCN(C(=O)OC(C)(C)C)CC4)cc23)cc1=O. The van der Waals surface area contributed by atoms with E-state index in [0.717, 1.165) is 34.0 Å². The molecular formula is C28H29N3O3. The maximum absolute atomic E-state index is 12.4. The Bertz CT molecular complexity index is 1500. The van der Waals surface area contributed by atoms with Gasteiger partial charge in [0.05, 0.1) is 0 Å². The largest absolute Gasteiger partial charge is 0.444 e. The van der Waals surface area contributed by atoms with Crippen molar-refractivity contribution in [2.75, 3.05) is 13.1 Å². The number of aromatic nitrogens is 2. The van der Waals surface area contributed by atoms with Crippen LogP contribution in [0.1, 0.15) is 32.8 Å². The summed E-state index contributed by atoms with van der Waals surface area (Å²) < 4.78 is 7.07. The number of ether oxygens (including phenoxy) is 1. The number of aryl methyl sites for hydroxylation is 1. The second-order valence-corrected chi connectivity index (χ2v) is 9.92. The van der Waals surface area contributed by atoms with Crippen LogP contribution in [0.4, 0.5) is 4.79 Å². The molecule has 0 fully saturated rings. The Morgan fingerprint density at radius 2 is 1.71 bits per heavy atom. The van der Waals surface area contributed by atoms with Gasteiger partial charge in [-0.2, -0.15) is 0 Å². The van der Waals surface area contributed by atoms with Crippen LogP contribution >= 0.6 is 0 Å². The molecule has 1 aliphatic rings. The fourth-order valence-corrected chi connectivity index (χ4v) is 4.43. The molecule has 5 rings (SSSR count). The van der Waals surface area contributed by atoms with Gasteiger partial charge in [-0.25, -0.2) is 4.79 Å². The van der Waals surface area contributed by atoms with E-state index < -0.39 is 5.60 Å². The summed E-state index contributed by atoms with van der Waals surface area (Å²) in [7, 11) is 1.75. The monoisotopic (exact) mass is 455 g/mol. The Labute approximate surface area is 198 Å². The van der Waals surface area contributed by atoms with E-state index in [1.807, 2.05) is 26.8 Å². The number of H-pyrrole nitrogens is 1. The second-order valence-electron chi connectivity index (χ2n) is 9.92. The zero-order valence-electron chi connectivity index (χ0n) is 20.0. The molecule has 0 bridgehead atoms. The van der Waals surface area contributed by atoms with E-state index in [1.54, 1.807) is 28.8 Å². The second kappa shape index (κ2) is 8.20. The minimum Gasteiger partial charge on any atom is -0.444 e. The first kappa shape index (κ1) is 22.0. The molecule has 0 aliphatic carbocycles. The smallest absolute Gasteiger partial charge is 0.410 e. The summed E-state index contributed by atoms with van der Waals surface area (Å²) in [6.45, 7) is 6.85. The number of hydrogen-bond acceptors (Lipinski definition) is 3. The Kier molecular flexibility index (Phi) is 5.31. The third-order valence-corrected chi connectivity index (χ3v) is 6.27. The molecule has 174 valence electrons. The van der Waals surface area contributed by atoms with Gasteiger partial charge in [0.25, 0.3) is 5.56 Å². The van der Waals surface area contributed by atoms with Crippen molar-refractivity contribution in [3.63, 3.8) is 0 Å². The Balaban J connectivity index is 1.43. The molecule has 1 aliphatic heterocycles. The molecule has 0 unspecified atom stereocenters. The van der Waals surface area contributed by atoms with Gasteiger partial charge in [-0.15, -0.1) is 0 Å². The summed E-state index contributed by atoms with van der Waals surface area (Å²) in [5, 5.41) is 2.31. The van der Waals surface area contributed by atoms with E-state index >= 15 is 0 Å². The first-order chi connectivity index (χ1) is 16.2. The summed E-state index contributed by atoms with van der Waals surface area (Å²) in [5.74, 6) is 0. The number of aromatic amines is 1. The van der Waals surface area contributed by atoms with Crippen molar-refractivity contribution in [1.82, 2.24) is 14.5 Å². The van der Waals surface area contributed by atoms with E-state index in [2.05, 4.69) is 47.5 Å². The number of fused-ring (bicyclic) bond motifs is 3. The quantitative estimate of drug-likeness (QED) is 0.421. The van der Waals surface area contributed by atoms with E-state index in [4.69, 9.17) is 4.74 Å². The van der Waals surface area contributed by atoms with E-state index in [0.29, 0.717) is 13.1 Å². The number of rotatable bonds is 2. The molecule has 0 atom stereocenters. The maximum atomic E-state index is 12.4. The van der Waals surface area contributed by atoms with Crippen molar-refractivity contribution in [1.29, 1.82) is 0 Å². The van der Waals surface area contributed by atoms with Crippen LogP contribution in [0.15, 0.2) is 65.6 Å². The van der Waals surface area contributed by atoms with E-state index in [1.165, 1.54) is 16.5 Å². The first-order valence-corrected chi connectivity index (χ1v) is 11.6. The van der Waals surface area contributed by atoms with Gasteiger partial charge >= 0.3 is 6.09 Å². The van der Waals surface area contributed by atoms with Crippen LogP contribution in [0.5, 0.6) is 0 Å². The molecule has 6 heteroatoms. The maximum Gasteiger partial charge on any atom is 0.410 e. The number of hydrogen-bond donors (Lipinski definition) is 1. The highest BCUT2D eigenvalue weighted by molar-refractivity contribution is 6.09. The molecule has 3 heterocycles. The van der Waals surface area contributed by atoms with Gasteiger partial charge in [-0.1, -0.05) is 24.3 Å². The van der Waals surface area contributed by atoms with Gasteiger partial charge < -0.3 is 19.2 Å². The molecule has 1 amide bonds. The first-order valence-electron chi connectivity index (χ1n) is 11.6. The predicted octanol–water partition coefficient (Wildman–Crippen LogP) is 5.71. The van der Waals surface area contributed by atoms with Crippen molar-refractivity contribution in [3.05, 3.63) is 76.7 Å². The highest BCUT2D eigenvalue weighted by atomic mass is 16.6. The topological polar surface area (TPSA) is 67.3 Å². The van der Waals surface area contributed by atoms with Crippen LogP contribution in [-0.2, 0) is 11.8 Å². The van der Waals surface area contributed by atoms with Crippen LogP contribution in [0.2, 0.25) is 0 Å². The van der Waals surface area contributed by atoms with E-state index in [-0.39, 0.29) is 11.7 Å². The van der Waals surface area contributed by atoms with Gasteiger partial charge in [0.1, 0.15) is 5.60 Å². The lowest BCUT2D eigenvalue weighted by molar-refractivity contribution is 0.0270. The van der Waals surface area contributed by atoms with Gasteiger partial charge in [0.2, 0.25) is 0 Å². The lowest BCUT2D eigenvalue weighted by atomic mass is 9.97. The van der Waals surface area contributed by atoms with Crippen LogP contribution in [0, 0.1) is 0 Å². The number of nitrogens with zero attached hydrogens (tertiary/aromatic N) is 2. The Hall–Kier alpha value is -3.80. The predicted molar refractivity (Wildman–Crippen MR) is 137 cm³/mol. The minimum absolute atomic E-state index is 0.0233. The van der Waals surface area contributed by atoms with Gasteiger partial charge in [0.15, 0.2) is 0 Å². The van der Waals surface area contributed by atoms with Gasteiger partial charge in [0, 0.05) is 54.2 Å². The van der Waals surface area contributed by atoms with E-state index in [9.17, 15) is 9.59 Å². The average Bonchev–Trinajstić information content (AvgIpc) is 3.17. The van der Waals surface area contributed by atoms with Crippen molar-refractivity contribution in [3.8, 4) is 11.1 Å². The summed E-state index contributed by atoms with van der Waals surface area (Å²) in [5.41, 5.74) is 5.94. The number of benzene rings is 2. The number of carbonyl (C=O) groups excluding carboxylic acids is 1. The zero-order valence-corrected chi connectivity index (χ0v) is 20.0. The third kappa shape index (κ3) is 4.23. The molecule has 34 heavy (non-hydrogen) atoms. The number of amides is 1. The lowest BCUT2D eigenvalue weighted by Gasteiger charge is -2.29. The Morgan fingerprint density at radius 3 is 2.41 bits per heavy atom. The molecule has 6 nitrogen and oxygen atoms in total. The molecule has 4 aromatic rings. The van der Waals surface area contributed by atoms with Crippen molar-refractivity contribution >= 4 is 33.5 Å². The van der Waals surface area contributed by atoms with Crippen molar-refractivity contribution in [2.24, 2.45) is 7.05 Å². The Morgan fingerprint density at radius 1 is 0.941 bits per heavy atom. The third-order valence-electron chi connectivity index (χ3n) is 6.27. The molecule has 2 aromatic heterocycles. The molecule has 0 saturated heterocycles. The molecule has 0 saturated carbocycles. The summed E-state index contributed by atoms with van der Waals surface area (Å²) in [4.78, 5) is 29.7. The molecule has 0 spiro atoms. The van der Waals surface area contributed by atoms with Crippen molar-refractivity contribution in [2.45, 2.75) is 32.8 Å². The van der Waals surface area contributed by atoms with Crippen LogP contribution < -0.4 is 5.56 Å². The fraction of sp³-hybridized carbons (Fsp3) is 0.286. The number of carbonyl (C=O) groups is 1. The van der Waals surface area contributed by atoms with Crippen LogP contribution in [0.25, 0.3) is 38.5 Å². The van der Waals surface area contributed by atoms with Crippen LogP contribution in [0.3, 0.4) is 0 Å². The zero-order chi connectivity index (χ0) is 24.0. The summed E-state index contributed by atoms with van der Waals surface area (Å²) >= 11 is 0. The average molecular weight is 456 g/mol. The fourth-order valence-electron chi connectivity index (χ4n) is 4.43. The molecule has 2 aromatic carbocycles. The molecular weight excluding hydrogens is 426 g/mol. The minimum atomic E-state index is -0.489. The highest BCUT2D eigenvalue weighted by Crippen LogP contribution is 2.32. The molecule has 1 N–H and O–H groups in total. The lowest BCUT2D eigenvalue weighted by Crippen LogP contribution is -2.39. The molecule has 0 radical (unpaired) electrons. The number of pyridine rings is 1. The number of nitrogens with one attached hydrogen (secondary N) is 1. The van der Waals surface area contributed by atoms with Gasteiger partial charge in [-0.3, -0.25) is 4.79 Å². The summed E-state index contributed by atoms with van der Waals surface area (Å²) in [6, 6.07) is 16.4. The standard InChI is InChI=1S/C28H29N3O3/c1-28(2,3)34-27(33)31-13-10-18(11-14-31)19-6-8-24-23(15-19)22-7-5-20(16-25(22)29-24)21-9-12-30(4)26(32)17-21/h5-10,12,15-17,29H,11,13-14H2,1-4H3. The normalized spacial score (nSPS) is 14.5. The van der Waals surface area contributed by atoms with Crippen LogP contribution in [-0.4, -0.2) is 39.2 Å².